The Bertz CT molecular complexity index is 132. The largest absolute Gasteiger partial charge is 0.393 e. The Balaban J connectivity index is 0.000000424. The van der Waals surface area contributed by atoms with Crippen LogP contribution in [0.1, 0.15) is 19.8 Å². The molecule has 1 saturated heterocycles. The van der Waals surface area contributed by atoms with E-state index >= 15 is 0 Å². The predicted molar refractivity (Wildman–Crippen MR) is 52.2 cm³/mol. The van der Waals surface area contributed by atoms with Crippen LogP contribution >= 0.6 is 0 Å². The molecule has 4 nitrogen and oxygen atoms in total. The summed E-state index contributed by atoms with van der Waals surface area (Å²) in [5, 5.41) is 13.5. The van der Waals surface area contributed by atoms with Crippen molar-refractivity contribution < 1.29 is 9.90 Å². The van der Waals surface area contributed by atoms with E-state index in [9.17, 15) is 0 Å². The van der Waals surface area contributed by atoms with Crippen molar-refractivity contribution in [1.29, 1.82) is 0 Å². The first-order chi connectivity index (χ1) is 6.11. The van der Waals surface area contributed by atoms with Gasteiger partial charge in [-0.05, 0) is 19.8 Å². The summed E-state index contributed by atoms with van der Waals surface area (Å²) in [5.41, 5.74) is 0. The minimum Gasteiger partial charge on any atom is -0.393 e. The fourth-order valence-electron chi connectivity index (χ4n) is 1.25. The summed E-state index contributed by atoms with van der Waals surface area (Å²) in [5.74, 6) is 0. The lowest BCUT2D eigenvalue weighted by Crippen LogP contribution is -2.43. The third-order valence-corrected chi connectivity index (χ3v) is 2.01. The molecule has 1 aliphatic heterocycles. The van der Waals surface area contributed by atoms with Crippen molar-refractivity contribution in [3.8, 4) is 0 Å². The summed E-state index contributed by atoms with van der Waals surface area (Å²) < 4.78 is 0. The van der Waals surface area contributed by atoms with Crippen LogP contribution < -0.4 is 0 Å². The van der Waals surface area contributed by atoms with E-state index < -0.39 is 0 Å². The molecule has 0 aromatic carbocycles. The van der Waals surface area contributed by atoms with Gasteiger partial charge in [0.1, 0.15) is 6.29 Å². The molecule has 4 heteroatoms. The molecule has 0 aliphatic carbocycles. The van der Waals surface area contributed by atoms with E-state index in [-0.39, 0.29) is 6.10 Å². The predicted octanol–water partition coefficient (Wildman–Crippen LogP) is 0.125. The second-order valence-corrected chi connectivity index (χ2v) is 3.27. The van der Waals surface area contributed by atoms with Gasteiger partial charge in [0.2, 0.25) is 0 Å². The molecule has 0 bridgehead atoms. The van der Waals surface area contributed by atoms with Crippen molar-refractivity contribution in [2.24, 2.45) is 0 Å². The van der Waals surface area contributed by atoms with Crippen LogP contribution in [0.4, 0.5) is 0 Å². The zero-order valence-electron chi connectivity index (χ0n) is 8.73. The normalized spacial score (nSPS) is 19.5. The molecule has 0 unspecified atom stereocenters. The van der Waals surface area contributed by atoms with E-state index in [0.717, 1.165) is 32.2 Å². The Hall–Kier alpha value is -0.450. The molecule has 0 atom stereocenters. The first-order valence-electron chi connectivity index (χ1n) is 4.61. The van der Waals surface area contributed by atoms with Crippen LogP contribution in [-0.2, 0) is 4.79 Å². The molecule has 1 aliphatic rings. The molecular weight excluding hydrogens is 168 g/mol. The fourth-order valence-corrected chi connectivity index (χ4v) is 1.25. The maximum atomic E-state index is 9.16. The number of aldehydes is 1. The molecule has 0 radical (unpaired) electrons. The molecule has 1 fully saturated rings. The highest BCUT2D eigenvalue weighted by Crippen LogP contribution is 2.09. The first kappa shape index (κ1) is 12.6. The van der Waals surface area contributed by atoms with Gasteiger partial charge in [-0.3, -0.25) is 0 Å². The third kappa shape index (κ3) is 5.74. The molecule has 13 heavy (non-hydrogen) atoms. The highest BCUT2D eigenvalue weighted by atomic mass is 16.3. The Morgan fingerprint density at radius 1 is 1.38 bits per heavy atom. The number of aliphatic hydroxyl groups is 1. The summed E-state index contributed by atoms with van der Waals surface area (Å²) in [6.07, 6.45) is 2.52. The molecular formula is C9H20N2O2. The Morgan fingerprint density at radius 3 is 2.08 bits per heavy atom. The molecule has 1 heterocycles. The van der Waals surface area contributed by atoms with Crippen LogP contribution in [0, 0.1) is 0 Å². The molecule has 0 spiro atoms. The van der Waals surface area contributed by atoms with Crippen LogP contribution in [0.25, 0.3) is 0 Å². The highest BCUT2D eigenvalue weighted by molar-refractivity contribution is 5.44. The zero-order valence-corrected chi connectivity index (χ0v) is 8.73. The highest BCUT2D eigenvalue weighted by Gasteiger charge is 2.17. The minimum atomic E-state index is -0.0591. The average Bonchev–Trinajstić information content (AvgIpc) is 2.06. The van der Waals surface area contributed by atoms with Crippen molar-refractivity contribution >= 4 is 6.29 Å². The molecule has 78 valence electrons. The topological polar surface area (TPSA) is 43.8 Å². The van der Waals surface area contributed by atoms with Gasteiger partial charge in [0.05, 0.1) is 6.10 Å². The van der Waals surface area contributed by atoms with Crippen molar-refractivity contribution in [3.63, 3.8) is 0 Å². The lowest BCUT2D eigenvalue weighted by Gasteiger charge is -2.34. The van der Waals surface area contributed by atoms with Gasteiger partial charge in [-0.25, -0.2) is 10.0 Å². The number of hydrogen-bond acceptors (Lipinski definition) is 4. The summed E-state index contributed by atoms with van der Waals surface area (Å²) in [7, 11) is 4.08. The lowest BCUT2D eigenvalue weighted by atomic mass is 10.1. The zero-order chi connectivity index (χ0) is 10.3. The van der Waals surface area contributed by atoms with E-state index in [1.54, 1.807) is 0 Å². The van der Waals surface area contributed by atoms with E-state index in [4.69, 9.17) is 9.90 Å². The van der Waals surface area contributed by atoms with Crippen molar-refractivity contribution in [1.82, 2.24) is 10.0 Å². The minimum absolute atomic E-state index is 0.0591. The van der Waals surface area contributed by atoms with Crippen LogP contribution in [0.5, 0.6) is 0 Å². The number of hydrogen-bond donors (Lipinski definition) is 1. The van der Waals surface area contributed by atoms with Gasteiger partial charge in [0, 0.05) is 27.2 Å². The van der Waals surface area contributed by atoms with Crippen LogP contribution in [0.15, 0.2) is 0 Å². The average molecular weight is 188 g/mol. The molecule has 0 amide bonds. The third-order valence-electron chi connectivity index (χ3n) is 2.01. The molecule has 0 saturated carbocycles. The Labute approximate surface area is 80.1 Å². The van der Waals surface area contributed by atoms with Gasteiger partial charge in [-0.2, -0.15) is 0 Å². The SMILES string of the molecule is CC=O.CN(C)N1CCC(O)CC1. The maximum Gasteiger partial charge on any atom is 0.116 e. The quantitative estimate of drug-likeness (QED) is 0.594. The van der Waals surface area contributed by atoms with E-state index in [1.807, 2.05) is 14.1 Å². The van der Waals surface area contributed by atoms with E-state index in [1.165, 1.54) is 6.92 Å². The van der Waals surface area contributed by atoms with Gasteiger partial charge < -0.3 is 9.90 Å². The summed E-state index contributed by atoms with van der Waals surface area (Å²) in [6, 6.07) is 0. The number of carbonyl (C=O) groups excluding carboxylic acids is 1. The van der Waals surface area contributed by atoms with Crippen LogP contribution in [-0.4, -0.2) is 54.7 Å². The van der Waals surface area contributed by atoms with Crippen molar-refractivity contribution in [3.05, 3.63) is 0 Å². The van der Waals surface area contributed by atoms with Gasteiger partial charge >= 0.3 is 0 Å². The monoisotopic (exact) mass is 188 g/mol. The van der Waals surface area contributed by atoms with Crippen molar-refractivity contribution in [2.75, 3.05) is 27.2 Å². The van der Waals surface area contributed by atoms with Gasteiger partial charge in [-0.15, -0.1) is 0 Å². The van der Waals surface area contributed by atoms with Crippen LogP contribution in [0.2, 0.25) is 0 Å². The summed E-state index contributed by atoms with van der Waals surface area (Å²) in [6.45, 7) is 3.43. The van der Waals surface area contributed by atoms with Gasteiger partial charge in [0.15, 0.2) is 0 Å². The van der Waals surface area contributed by atoms with Crippen LogP contribution in [0.3, 0.4) is 0 Å². The fraction of sp³-hybridized carbons (Fsp3) is 0.889. The van der Waals surface area contributed by atoms with Gasteiger partial charge in [-0.1, -0.05) is 0 Å². The smallest absolute Gasteiger partial charge is 0.116 e. The second kappa shape index (κ2) is 7.00. The number of aliphatic hydroxyl groups excluding tert-OH is 1. The summed E-state index contributed by atoms with van der Waals surface area (Å²) >= 11 is 0. The van der Waals surface area contributed by atoms with E-state index in [0.29, 0.717) is 0 Å². The molecule has 0 aromatic heterocycles. The number of hydrazine groups is 1. The van der Waals surface area contributed by atoms with Crippen molar-refractivity contribution in [2.45, 2.75) is 25.9 Å². The number of piperidine rings is 1. The number of rotatable bonds is 1. The molecule has 0 aromatic rings. The summed E-state index contributed by atoms with van der Waals surface area (Å²) in [4.78, 5) is 8.81. The number of carbonyl (C=O) groups is 1. The standard InChI is InChI=1S/C7H16N2O.C2H4O/c1-8(2)9-5-3-7(10)4-6-9;1-2-3/h7,10H,3-6H2,1-2H3;2H,1H3. The lowest BCUT2D eigenvalue weighted by molar-refractivity contribution is -0.106. The Morgan fingerprint density at radius 2 is 1.77 bits per heavy atom. The molecule has 1 N–H and O–H groups in total. The second-order valence-electron chi connectivity index (χ2n) is 3.27. The van der Waals surface area contributed by atoms with E-state index in [2.05, 4.69) is 10.0 Å². The Kier molecular flexibility index (Phi) is 6.76. The maximum absolute atomic E-state index is 9.16. The van der Waals surface area contributed by atoms with Gasteiger partial charge in [0.25, 0.3) is 0 Å². The first-order valence-corrected chi connectivity index (χ1v) is 4.61. The molecule has 1 rings (SSSR count). The number of nitrogens with zero attached hydrogens (tertiary/aromatic N) is 2.